The molecule has 1 atom stereocenters. The molecular formula is C19H23N3O. The second-order valence-corrected chi connectivity index (χ2v) is 6.15. The minimum Gasteiger partial charge on any atom is -0.351 e. The molecule has 4 nitrogen and oxygen atoms in total. The number of carbonyl (C=O) groups excluding carboxylic acids is 1. The molecule has 0 aliphatic heterocycles. The van der Waals surface area contributed by atoms with E-state index in [-0.39, 0.29) is 5.91 Å². The Morgan fingerprint density at radius 3 is 2.78 bits per heavy atom. The van der Waals surface area contributed by atoms with Crippen LogP contribution >= 0.6 is 0 Å². The van der Waals surface area contributed by atoms with Crippen LogP contribution < -0.4 is 11.1 Å². The first kappa shape index (κ1) is 15.7. The van der Waals surface area contributed by atoms with E-state index in [0.29, 0.717) is 13.0 Å². The van der Waals surface area contributed by atoms with E-state index in [9.17, 15) is 4.79 Å². The molecular weight excluding hydrogens is 286 g/mol. The minimum atomic E-state index is -0.531. The van der Waals surface area contributed by atoms with Crippen molar-refractivity contribution < 1.29 is 4.79 Å². The second-order valence-electron chi connectivity index (χ2n) is 6.15. The number of hydrogen-bond donors (Lipinski definition) is 2. The highest BCUT2D eigenvalue weighted by Gasteiger charge is 2.16. The Hall–Kier alpha value is -2.20. The molecule has 1 amide bonds. The fraction of sp³-hybridized carbons (Fsp3) is 0.368. The number of hydrogen-bond acceptors (Lipinski definition) is 3. The van der Waals surface area contributed by atoms with Gasteiger partial charge in [-0.15, -0.1) is 0 Å². The predicted molar refractivity (Wildman–Crippen MR) is 90.8 cm³/mol. The standard InChI is InChI=1S/C19H23N3O/c20-18(12-14-8-10-21-11-9-14)19(23)22-13-16-6-3-5-15-4-1-2-7-17(15)16/h3,5-6,8-11,18H,1-2,4,7,12-13,20H2,(H,22,23). The summed E-state index contributed by atoms with van der Waals surface area (Å²) in [6, 6.07) is 9.65. The lowest BCUT2D eigenvalue weighted by Crippen LogP contribution is -2.41. The third-order valence-electron chi connectivity index (χ3n) is 4.49. The summed E-state index contributed by atoms with van der Waals surface area (Å²) in [5.41, 5.74) is 11.1. The van der Waals surface area contributed by atoms with Gasteiger partial charge in [0, 0.05) is 18.9 Å². The molecule has 1 aromatic heterocycles. The van der Waals surface area contributed by atoms with Crippen molar-refractivity contribution in [3.63, 3.8) is 0 Å². The molecule has 0 bridgehead atoms. The Morgan fingerprint density at radius 2 is 1.96 bits per heavy atom. The summed E-state index contributed by atoms with van der Waals surface area (Å²) in [4.78, 5) is 16.2. The summed E-state index contributed by atoms with van der Waals surface area (Å²) >= 11 is 0. The Labute approximate surface area is 137 Å². The summed E-state index contributed by atoms with van der Waals surface area (Å²) in [7, 11) is 0. The van der Waals surface area contributed by atoms with Crippen molar-refractivity contribution in [2.24, 2.45) is 5.73 Å². The lowest BCUT2D eigenvalue weighted by molar-refractivity contribution is -0.122. The number of aryl methyl sites for hydroxylation is 1. The highest BCUT2D eigenvalue weighted by molar-refractivity contribution is 5.81. The number of fused-ring (bicyclic) bond motifs is 1. The normalized spacial score (nSPS) is 14.8. The van der Waals surface area contributed by atoms with Gasteiger partial charge in [-0.1, -0.05) is 18.2 Å². The molecule has 23 heavy (non-hydrogen) atoms. The Balaban J connectivity index is 1.59. The number of rotatable bonds is 5. The molecule has 1 aliphatic rings. The van der Waals surface area contributed by atoms with Gasteiger partial charge in [-0.05, 0) is 66.5 Å². The van der Waals surface area contributed by atoms with E-state index in [2.05, 4.69) is 28.5 Å². The fourth-order valence-corrected chi connectivity index (χ4v) is 3.20. The number of nitrogens with zero attached hydrogens (tertiary/aromatic N) is 1. The number of pyridine rings is 1. The van der Waals surface area contributed by atoms with Crippen LogP contribution in [-0.4, -0.2) is 16.9 Å². The summed E-state index contributed by atoms with van der Waals surface area (Å²) in [6.07, 6.45) is 8.73. The van der Waals surface area contributed by atoms with Crippen LogP contribution in [0, 0.1) is 0 Å². The van der Waals surface area contributed by atoms with Crippen LogP contribution in [0.5, 0.6) is 0 Å². The van der Waals surface area contributed by atoms with Gasteiger partial charge in [0.1, 0.15) is 0 Å². The van der Waals surface area contributed by atoms with E-state index in [4.69, 9.17) is 5.73 Å². The van der Waals surface area contributed by atoms with E-state index in [1.54, 1.807) is 12.4 Å². The largest absolute Gasteiger partial charge is 0.351 e. The molecule has 0 fully saturated rings. The minimum absolute atomic E-state index is 0.102. The van der Waals surface area contributed by atoms with Gasteiger partial charge in [-0.2, -0.15) is 0 Å². The summed E-state index contributed by atoms with van der Waals surface area (Å²) in [5.74, 6) is -0.102. The van der Waals surface area contributed by atoms with Gasteiger partial charge in [0.2, 0.25) is 5.91 Å². The van der Waals surface area contributed by atoms with Crippen molar-refractivity contribution in [2.45, 2.75) is 44.7 Å². The summed E-state index contributed by atoms with van der Waals surface area (Å²) < 4.78 is 0. The first-order chi connectivity index (χ1) is 11.2. The van der Waals surface area contributed by atoms with E-state index < -0.39 is 6.04 Å². The molecule has 0 saturated carbocycles. The molecule has 3 rings (SSSR count). The maximum absolute atomic E-state index is 12.2. The molecule has 1 aliphatic carbocycles. The van der Waals surface area contributed by atoms with Crippen molar-refractivity contribution >= 4 is 5.91 Å². The topological polar surface area (TPSA) is 68.0 Å². The Morgan fingerprint density at radius 1 is 1.17 bits per heavy atom. The van der Waals surface area contributed by atoms with Gasteiger partial charge in [0.25, 0.3) is 0 Å². The monoisotopic (exact) mass is 309 g/mol. The number of nitrogens with two attached hydrogens (primary N) is 1. The maximum atomic E-state index is 12.2. The molecule has 1 aromatic carbocycles. The highest BCUT2D eigenvalue weighted by atomic mass is 16.2. The van der Waals surface area contributed by atoms with E-state index in [0.717, 1.165) is 18.4 Å². The lowest BCUT2D eigenvalue weighted by atomic mass is 9.88. The third kappa shape index (κ3) is 3.96. The van der Waals surface area contributed by atoms with Crippen LogP contribution in [0.15, 0.2) is 42.7 Å². The third-order valence-corrected chi connectivity index (χ3v) is 4.49. The Kier molecular flexibility index (Phi) is 5.03. The van der Waals surface area contributed by atoms with E-state index in [1.165, 1.54) is 29.5 Å². The molecule has 1 heterocycles. The zero-order valence-corrected chi connectivity index (χ0v) is 13.3. The van der Waals surface area contributed by atoms with Crippen molar-refractivity contribution in [3.8, 4) is 0 Å². The van der Waals surface area contributed by atoms with Crippen LogP contribution in [0.1, 0.15) is 35.1 Å². The van der Waals surface area contributed by atoms with Crippen LogP contribution in [0.2, 0.25) is 0 Å². The molecule has 2 aromatic rings. The zero-order chi connectivity index (χ0) is 16.1. The second kappa shape index (κ2) is 7.38. The molecule has 120 valence electrons. The molecule has 1 unspecified atom stereocenters. The van der Waals surface area contributed by atoms with Gasteiger partial charge in [0.05, 0.1) is 6.04 Å². The van der Waals surface area contributed by atoms with Gasteiger partial charge < -0.3 is 11.1 Å². The number of aromatic nitrogens is 1. The van der Waals surface area contributed by atoms with E-state index >= 15 is 0 Å². The van der Waals surface area contributed by atoms with Crippen LogP contribution in [0.3, 0.4) is 0 Å². The SMILES string of the molecule is NC(Cc1ccncc1)C(=O)NCc1cccc2c1CCCC2. The fourth-order valence-electron chi connectivity index (χ4n) is 3.20. The van der Waals surface area contributed by atoms with Crippen molar-refractivity contribution in [2.75, 3.05) is 0 Å². The smallest absolute Gasteiger partial charge is 0.237 e. The zero-order valence-electron chi connectivity index (χ0n) is 13.3. The van der Waals surface area contributed by atoms with E-state index in [1.807, 2.05) is 12.1 Å². The number of carbonyl (C=O) groups is 1. The van der Waals surface area contributed by atoms with Crippen molar-refractivity contribution in [1.29, 1.82) is 0 Å². The predicted octanol–water partition coefficient (Wildman–Crippen LogP) is 2.15. The summed E-state index contributed by atoms with van der Waals surface area (Å²) in [5, 5.41) is 2.99. The van der Waals surface area contributed by atoms with Crippen LogP contribution in [0.4, 0.5) is 0 Å². The van der Waals surface area contributed by atoms with Gasteiger partial charge >= 0.3 is 0 Å². The van der Waals surface area contributed by atoms with Crippen molar-refractivity contribution in [1.82, 2.24) is 10.3 Å². The molecule has 0 spiro atoms. The lowest BCUT2D eigenvalue weighted by Gasteiger charge is -2.20. The molecule has 0 saturated heterocycles. The van der Waals surface area contributed by atoms with Gasteiger partial charge in [-0.3, -0.25) is 9.78 Å². The average Bonchev–Trinajstić information content (AvgIpc) is 2.60. The molecule has 4 heteroatoms. The quantitative estimate of drug-likeness (QED) is 0.889. The number of nitrogens with one attached hydrogen (secondary N) is 1. The first-order valence-electron chi connectivity index (χ1n) is 8.26. The van der Waals surface area contributed by atoms with Crippen molar-refractivity contribution in [3.05, 3.63) is 65.0 Å². The first-order valence-corrected chi connectivity index (χ1v) is 8.26. The number of benzene rings is 1. The number of amides is 1. The van der Waals surface area contributed by atoms with Crippen LogP contribution in [0.25, 0.3) is 0 Å². The summed E-state index contributed by atoms with van der Waals surface area (Å²) in [6.45, 7) is 0.562. The van der Waals surface area contributed by atoms with Gasteiger partial charge in [0.15, 0.2) is 0 Å². The van der Waals surface area contributed by atoms with Crippen LogP contribution in [-0.2, 0) is 30.6 Å². The van der Waals surface area contributed by atoms with Gasteiger partial charge in [-0.25, -0.2) is 0 Å². The maximum Gasteiger partial charge on any atom is 0.237 e. The Bertz CT molecular complexity index is 670. The molecule has 0 radical (unpaired) electrons. The average molecular weight is 309 g/mol. The molecule has 3 N–H and O–H groups in total. The highest BCUT2D eigenvalue weighted by Crippen LogP contribution is 2.24.